The number of methoxy groups -OCH3 is 2. The van der Waals surface area contributed by atoms with E-state index in [0.717, 1.165) is 31.2 Å². The Morgan fingerprint density at radius 3 is 2.37 bits per heavy atom. The van der Waals surface area contributed by atoms with Gasteiger partial charge in [-0.15, -0.1) is 0 Å². The molecule has 1 atom stereocenters. The molecule has 1 aromatic heterocycles. The summed E-state index contributed by atoms with van der Waals surface area (Å²) in [4.78, 5) is 29.3. The number of carbonyl (C=O) groups excluding carboxylic acids is 2. The number of aryl methyl sites for hydroxylation is 1. The number of para-hydroxylation sites is 1. The van der Waals surface area contributed by atoms with Gasteiger partial charge in [-0.05, 0) is 61.2 Å². The fraction of sp³-hybridized carbons (Fsp3) is 0.357. The Bertz CT molecular complexity index is 1150. The smallest absolute Gasteiger partial charge is 0.294 e. The molecule has 2 amide bonds. The van der Waals surface area contributed by atoms with E-state index in [0.29, 0.717) is 22.7 Å². The average molecular weight is 477 g/mol. The van der Waals surface area contributed by atoms with Crippen LogP contribution < -0.4 is 19.7 Å². The lowest BCUT2D eigenvalue weighted by Gasteiger charge is -2.34. The van der Waals surface area contributed by atoms with Gasteiger partial charge >= 0.3 is 0 Å². The highest BCUT2D eigenvalue weighted by atomic mass is 16.5. The van der Waals surface area contributed by atoms with Crippen LogP contribution in [-0.4, -0.2) is 32.1 Å². The van der Waals surface area contributed by atoms with Crippen LogP contribution >= 0.6 is 0 Å². The summed E-state index contributed by atoms with van der Waals surface area (Å²) in [6.07, 6.45) is 6.66. The number of benzene rings is 2. The zero-order chi connectivity index (χ0) is 24.8. The first-order chi connectivity index (χ1) is 17.0. The van der Waals surface area contributed by atoms with Crippen molar-refractivity contribution < 1.29 is 23.5 Å². The number of carbonyl (C=O) groups is 2. The third-order valence-corrected chi connectivity index (χ3v) is 6.51. The summed E-state index contributed by atoms with van der Waals surface area (Å²) in [6, 6.07) is 15.2. The fourth-order valence-corrected chi connectivity index (χ4v) is 4.69. The monoisotopic (exact) mass is 476 g/mol. The van der Waals surface area contributed by atoms with Gasteiger partial charge in [-0.2, -0.15) is 0 Å². The van der Waals surface area contributed by atoms with Gasteiger partial charge in [0.15, 0.2) is 17.3 Å². The van der Waals surface area contributed by atoms with Crippen LogP contribution in [0.1, 0.15) is 59.8 Å². The molecule has 0 bridgehead atoms. The lowest BCUT2D eigenvalue weighted by molar-refractivity contribution is -0.123. The third kappa shape index (κ3) is 5.34. The van der Waals surface area contributed by atoms with Crippen LogP contribution in [0.5, 0.6) is 11.5 Å². The first kappa shape index (κ1) is 24.4. The molecule has 0 unspecified atom stereocenters. The van der Waals surface area contributed by atoms with Crippen LogP contribution in [0, 0.1) is 6.92 Å². The van der Waals surface area contributed by atoms with E-state index in [1.54, 1.807) is 44.6 Å². The van der Waals surface area contributed by atoms with Crippen LogP contribution in [0.25, 0.3) is 0 Å². The number of hydrogen-bond acceptors (Lipinski definition) is 5. The molecule has 3 aromatic rings. The molecule has 1 heterocycles. The minimum Gasteiger partial charge on any atom is -0.493 e. The number of ether oxygens (including phenoxy) is 2. The Kier molecular flexibility index (Phi) is 7.75. The van der Waals surface area contributed by atoms with Crippen molar-refractivity contribution in [2.75, 3.05) is 19.1 Å². The van der Waals surface area contributed by atoms with Crippen LogP contribution in [0.2, 0.25) is 0 Å². The highest BCUT2D eigenvalue weighted by Gasteiger charge is 2.36. The van der Waals surface area contributed by atoms with E-state index in [1.807, 2.05) is 31.2 Å². The summed E-state index contributed by atoms with van der Waals surface area (Å²) < 4.78 is 16.4. The first-order valence-electron chi connectivity index (χ1n) is 12.0. The number of nitrogens with zero attached hydrogens (tertiary/aromatic N) is 1. The maximum atomic E-state index is 14.0. The summed E-state index contributed by atoms with van der Waals surface area (Å²) in [5, 5.41) is 3.22. The first-order valence-corrected chi connectivity index (χ1v) is 12.0. The van der Waals surface area contributed by atoms with E-state index in [9.17, 15) is 9.59 Å². The largest absolute Gasteiger partial charge is 0.493 e. The molecule has 35 heavy (non-hydrogen) atoms. The molecule has 1 aliphatic rings. The van der Waals surface area contributed by atoms with Gasteiger partial charge in [0.05, 0.1) is 20.5 Å². The van der Waals surface area contributed by atoms with Gasteiger partial charge < -0.3 is 19.2 Å². The topological polar surface area (TPSA) is 81.0 Å². The van der Waals surface area contributed by atoms with Crippen molar-refractivity contribution in [2.45, 2.75) is 51.1 Å². The Morgan fingerprint density at radius 1 is 0.971 bits per heavy atom. The lowest BCUT2D eigenvalue weighted by Crippen LogP contribution is -2.47. The Balaban J connectivity index is 1.84. The van der Waals surface area contributed by atoms with Gasteiger partial charge in [-0.3, -0.25) is 14.5 Å². The number of rotatable bonds is 8. The number of anilines is 1. The molecule has 4 rings (SSSR count). The standard InChI is InChI=1S/C28H32N2O5/c1-19-10-7-8-13-22(19)30(28(32)24-14-9-17-35-24)26(27(31)29-21-11-5-4-6-12-21)20-15-16-23(33-2)25(18-20)34-3/h7-10,13-18,21,26H,4-6,11-12H2,1-3H3,(H,29,31)/t26-/m1/s1. The molecule has 1 aliphatic carbocycles. The predicted octanol–water partition coefficient (Wildman–Crippen LogP) is 5.44. The fourth-order valence-electron chi connectivity index (χ4n) is 4.69. The molecule has 7 heteroatoms. The Labute approximate surface area is 206 Å². The Hall–Kier alpha value is -3.74. The zero-order valence-electron chi connectivity index (χ0n) is 20.5. The van der Waals surface area contributed by atoms with E-state index in [1.165, 1.54) is 17.6 Å². The minimum absolute atomic E-state index is 0.0799. The van der Waals surface area contributed by atoms with E-state index >= 15 is 0 Å². The molecule has 0 spiro atoms. The van der Waals surface area contributed by atoms with E-state index in [4.69, 9.17) is 13.9 Å². The van der Waals surface area contributed by atoms with Crippen molar-refractivity contribution in [1.82, 2.24) is 5.32 Å². The summed E-state index contributed by atoms with van der Waals surface area (Å²) >= 11 is 0. The summed E-state index contributed by atoms with van der Waals surface area (Å²) in [5.41, 5.74) is 2.11. The SMILES string of the molecule is COc1ccc([C@H](C(=O)NC2CCCCC2)N(C(=O)c2ccco2)c2ccccc2C)cc1OC. The van der Waals surface area contributed by atoms with Gasteiger partial charge in [0.25, 0.3) is 5.91 Å². The Morgan fingerprint density at radius 2 is 1.71 bits per heavy atom. The maximum absolute atomic E-state index is 14.0. The zero-order valence-corrected chi connectivity index (χ0v) is 20.5. The number of nitrogens with one attached hydrogen (secondary N) is 1. The minimum atomic E-state index is -0.949. The molecule has 0 radical (unpaired) electrons. The molecule has 2 aromatic carbocycles. The summed E-state index contributed by atoms with van der Waals surface area (Å²) in [7, 11) is 3.11. The molecule has 1 saturated carbocycles. The van der Waals surface area contributed by atoms with E-state index in [2.05, 4.69) is 5.32 Å². The predicted molar refractivity (Wildman–Crippen MR) is 134 cm³/mol. The van der Waals surface area contributed by atoms with Crippen molar-refractivity contribution in [2.24, 2.45) is 0 Å². The molecule has 0 saturated heterocycles. The van der Waals surface area contributed by atoms with Gasteiger partial charge in [0.2, 0.25) is 5.91 Å². The number of hydrogen-bond donors (Lipinski definition) is 1. The second-order valence-corrected chi connectivity index (χ2v) is 8.80. The average Bonchev–Trinajstić information content (AvgIpc) is 3.43. The third-order valence-electron chi connectivity index (χ3n) is 6.51. The van der Waals surface area contributed by atoms with Crippen LogP contribution in [0.3, 0.4) is 0 Å². The van der Waals surface area contributed by atoms with E-state index in [-0.39, 0.29) is 17.7 Å². The number of furan rings is 1. The molecule has 7 nitrogen and oxygen atoms in total. The van der Waals surface area contributed by atoms with Gasteiger partial charge in [-0.1, -0.05) is 43.5 Å². The number of amides is 2. The quantitative estimate of drug-likeness (QED) is 0.468. The molecule has 0 aliphatic heterocycles. The molecular formula is C28H32N2O5. The normalized spacial score (nSPS) is 14.7. The molecular weight excluding hydrogens is 444 g/mol. The summed E-state index contributed by atoms with van der Waals surface area (Å²) in [6.45, 7) is 1.92. The van der Waals surface area contributed by atoms with Crippen LogP contribution in [0.15, 0.2) is 65.3 Å². The second-order valence-electron chi connectivity index (χ2n) is 8.80. The van der Waals surface area contributed by atoms with Crippen molar-refractivity contribution in [1.29, 1.82) is 0 Å². The molecule has 1 fully saturated rings. The molecule has 184 valence electrons. The highest BCUT2D eigenvalue weighted by Crippen LogP contribution is 2.36. The van der Waals surface area contributed by atoms with Crippen molar-refractivity contribution in [3.8, 4) is 11.5 Å². The second kappa shape index (κ2) is 11.1. The lowest BCUT2D eigenvalue weighted by atomic mass is 9.94. The van der Waals surface area contributed by atoms with Gasteiger partial charge in [0, 0.05) is 11.7 Å². The van der Waals surface area contributed by atoms with Crippen molar-refractivity contribution in [3.63, 3.8) is 0 Å². The van der Waals surface area contributed by atoms with Crippen molar-refractivity contribution in [3.05, 3.63) is 77.7 Å². The van der Waals surface area contributed by atoms with Gasteiger partial charge in [0.1, 0.15) is 6.04 Å². The van der Waals surface area contributed by atoms with Gasteiger partial charge in [-0.25, -0.2) is 0 Å². The molecule has 1 N–H and O–H groups in total. The maximum Gasteiger partial charge on any atom is 0.294 e. The van der Waals surface area contributed by atoms with Crippen molar-refractivity contribution >= 4 is 17.5 Å². The highest BCUT2D eigenvalue weighted by molar-refractivity contribution is 6.09. The van der Waals surface area contributed by atoms with Crippen LogP contribution in [0.4, 0.5) is 5.69 Å². The van der Waals surface area contributed by atoms with E-state index < -0.39 is 11.9 Å². The van der Waals surface area contributed by atoms with Crippen LogP contribution in [-0.2, 0) is 4.79 Å². The summed E-state index contributed by atoms with van der Waals surface area (Å²) in [5.74, 6) is 0.539.